The summed E-state index contributed by atoms with van der Waals surface area (Å²) in [5, 5.41) is 4.98. The number of benzene rings is 1. The number of carbonyl (C=O) groups excluding carboxylic acids is 3. The van der Waals surface area contributed by atoms with Gasteiger partial charge in [-0.05, 0) is 18.2 Å². The van der Waals surface area contributed by atoms with E-state index in [0.717, 1.165) is 5.39 Å². The molecule has 1 saturated heterocycles. The molecule has 0 bridgehead atoms. The molecule has 1 aliphatic rings. The van der Waals surface area contributed by atoms with Crippen molar-refractivity contribution in [2.45, 2.75) is 0 Å². The number of para-hydroxylation sites is 1. The van der Waals surface area contributed by atoms with Crippen LogP contribution < -0.4 is 10.6 Å². The van der Waals surface area contributed by atoms with Gasteiger partial charge in [0.2, 0.25) is 0 Å². The maximum absolute atomic E-state index is 11.7. The Morgan fingerprint density at radius 1 is 1.05 bits per heavy atom. The Bertz CT molecular complexity index is 807. The molecule has 0 atom stereocenters. The van der Waals surface area contributed by atoms with Crippen LogP contribution in [0.3, 0.4) is 0 Å². The number of rotatable bonds is 1. The Hall–Kier alpha value is -2.73. The van der Waals surface area contributed by atoms with Gasteiger partial charge in [-0.15, -0.1) is 0 Å². The SMILES string of the molecule is O=C1NC(=O)C(=Cc2cc3ccccc3nc2Cl)C(=O)N1. The number of urea groups is 1. The van der Waals surface area contributed by atoms with E-state index in [0.29, 0.717) is 11.1 Å². The van der Waals surface area contributed by atoms with Crippen molar-refractivity contribution in [3.8, 4) is 0 Å². The molecule has 0 spiro atoms. The lowest BCUT2D eigenvalue weighted by Gasteiger charge is -2.14. The molecule has 0 aliphatic carbocycles. The van der Waals surface area contributed by atoms with E-state index in [4.69, 9.17) is 11.6 Å². The molecule has 2 heterocycles. The van der Waals surface area contributed by atoms with Crippen LogP contribution in [-0.4, -0.2) is 22.8 Å². The van der Waals surface area contributed by atoms with E-state index in [-0.39, 0.29) is 10.7 Å². The molecule has 1 aromatic heterocycles. The minimum atomic E-state index is -0.843. The van der Waals surface area contributed by atoms with Gasteiger partial charge < -0.3 is 0 Å². The van der Waals surface area contributed by atoms with Crippen molar-refractivity contribution >= 4 is 46.4 Å². The molecule has 21 heavy (non-hydrogen) atoms. The van der Waals surface area contributed by atoms with Gasteiger partial charge in [0.1, 0.15) is 10.7 Å². The van der Waals surface area contributed by atoms with Crippen molar-refractivity contribution in [3.05, 3.63) is 46.6 Å². The lowest BCUT2D eigenvalue weighted by molar-refractivity contribution is -0.123. The van der Waals surface area contributed by atoms with Crippen LogP contribution in [0.4, 0.5) is 4.79 Å². The molecule has 7 heteroatoms. The molecule has 0 radical (unpaired) electrons. The number of imide groups is 2. The van der Waals surface area contributed by atoms with Crippen molar-refractivity contribution in [3.63, 3.8) is 0 Å². The van der Waals surface area contributed by atoms with Crippen LogP contribution in [0, 0.1) is 0 Å². The van der Waals surface area contributed by atoms with Crippen LogP contribution in [0.2, 0.25) is 5.15 Å². The third-order valence-electron chi connectivity index (χ3n) is 2.95. The van der Waals surface area contributed by atoms with E-state index in [2.05, 4.69) is 4.98 Å². The standard InChI is InChI=1S/C14H8ClN3O3/c15-11-8(5-7-3-1-2-4-10(7)16-11)6-9-12(19)17-14(21)18-13(9)20/h1-6H,(H2,17,18,19,20,21). The van der Waals surface area contributed by atoms with Crippen molar-refractivity contribution in [2.75, 3.05) is 0 Å². The average Bonchev–Trinajstić information content (AvgIpc) is 2.43. The monoisotopic (exact) mass is 301 g/mol. The Balaban J connectivity index is 2.10. The van der Waals surface area contributed by atoms with Crippen LogP contribution >= 0.6 is 11.6 Å². The van der Waals surface area contributed by atoms with Gasteiger partial charge in [-0.3, -0.25) is 20.2 Å². The highest BCUT2D eigenvalue weighted by Crippen LogP contribution is 2.23. The van der Waals surface area contributed by atoms with Crippen LogP contribution in [-0.2, 0) is 9.59 Å². The summed E-state index contributed by atoms with van der Waals surface area (Å²) in [4.78, 5) is 38.5. The fourth-order valence-electron chi connectivity index (χ4n) is 1.97. The first-order valence-electron chi connectivity index (χ1n) is 5.98. The summed E-state index contributed by atoms with van der Waals surface area (Å²) in [5.74, 6) is -1.54. The van der Waals surface area contributed by atoms with Crippen molar-refractivity contribution in [2.24, 2.45) is 0 Å². The Kier molecular flexibility index (Phi) is 3.15. The second-order valence-corrected chi connectivity index (χ2v) is 4.71. The zero-order chi connectivity index (χ0) is 15.0. The third-order valence-corrected chi connectivity index (χ3v) is 3.25. The van der Waals surface area contributed by atoms with E-state index in [9.17, 15) is 14.4 Å². The van der Waals surface area contributed by atoms with Gasteiger partial charge in [0, 0.05) is 10.9 Å². The summed E-state index contributed by atoms with van der Waals surface area (Å²) in [7, 11) is 0. The summed E-state index contributed by atoms with van der Waals surface area (Å²) >= 11 is 6.06. The van der Waals surface area contributed by atoms with Gasteiger partial charge in [0.25, 0.3) is 11.8 Å². The molecule has 1 aromatic carbocycles. The minimum absolute atomic E-state index is 0.165. The van der Waals surface area contributed by atoms with Gasteiger partial charge in [-0.2, -0.15) is 0 Å². The van der Waals surface area contributed by atoms with E-state index in [1.165, 1.54) is 6.08 Å². The molecule has 3 rings (SSSR count). The fourth-order valence-corrected chi connectivity index (χ4v) is 2.17. The highest BCUT2D eigenvalue weighted by molar-refractivity contribution is 6.34. The Morgan fingerprint density at radius 2 is 1.71 bits per heavy atom. The van der Waals surface area contributed by atoms with Gasteiger partial charge in [-0.25, -0.2) is 9.78 Å². The van der Waals surface area contributed by atoms with Gasteiger partial charge in [0.15, 0.2) is 0 Å². The van der Waals surface area contributed by atoms with Crippen LogP contribution in [0.15, 0.2) is 35.9 Å². The number of hydrogen-bond acceptors (Lipinski definition) is 4. The predicted molar refractivity (Wildman–Crippen MR) is 76.4 cm³/mol. The molecular weight excluding hydrogens is 294 g/mol. The Morgan fingerprint density at radius 3 is 2.43 bits per heavy atom. The molecule has 6 nitrogen and oxygen atoms in total. The first-order chi connectivity index (χ1) is 10.0. The van der Waals surface area contributed by atoms with Crippen molar-refractivity contribution in [1.82, 2.24) is 15.6 Å². The van der Waals surface area contributed by atoms with Crippen LogP contribution in [0.1, 0.15) is 5.56 Å². The number of halogens is 1. The molecule has 2 aromatic rings. The highest BCUT2D eigenvalue weighted by atomic mass is 35.5. The van der Waals surface area contributed by atoms with E-state index >= 15 is 0 Å². The first kappa shape index (κ1) is 13.3. The molecule has 2 N–H and O–H groups in total. The zero-order valence-corrected chi connectivity index (χ0v) is 11.3. The lowest BCUT2D eigenvalue weighted by Crippen LogP contribution is -2.51. The number of carbonyl (C=O) groups is 3. The number of barbiturate groups is 1. The van der Waals surface area contributed by atoms with E-state index < -0.39 is 17.8 Å². The summed E-state index contributed by atoms with van der Waals surface area (Å²) in [6.45, 7) is 0. The second kappa shape index (κ2) is 4.99. The number of pyridine rings is 1. The maximum atomic E-state index is 11.7. The molecule has 1 aliphatic heterocycles. The number of aromatic nitrogens is 1. The van der Waals surface area contributed by atoms with E-state index in [1.54, 1.807) is 12.1 Å². The molecule has 0 unspecified atom stereocenters. The molecule has 104 valence electrons. The average molecular weight is 302 g/mol. The fraction of sp³-hybridized carbons (Fsp3) is 0. The molecule has 0 saturated carbocycles. The minimum Gasteiger partial charge on any atom is -0.273 e. The van der Waals surface area contributed by atoms with Crippen molar-refractivity contribution < 1.29 is 14.4 Å². The number of hydrogen-bond donors (Lipinski definition) is 2. The topological polar surface area (TPSA) is 88.2 Å². The van der Waals surface area contributed by atoms with E-state index in [1.807, 2.05) is 28.8 Å². The Labute approximate surface area is 123 Å². The number of fused-ring (bicyclic) bond motifs is 1. The maximum Gasteiger partial charge on any atom is 0.328 e. The third kappa shape index (κ3) is 2.48. The quantitative estimate of drug-likeness (QED) is 0.476. The largest absolute Gasteiger partial charge is 0.328 e. The highest BCUT2D eigenvalue weighted by Gasteiger charge is 2.27. The second-order valence-electron chi connectivity index (χ2n) is 4.36. The normalized spacial score (nSPS) is 14.9. The number of nitrogens with zero attached hydrogens (tertiary/aromatic N) is 1. The van der Waals surface area contributed by atoms with Gasteiger partial charge >= 0.3 is 6.03 Å². The molecular formula is C14H8ClN3O3. The lowest BCUT2D eigenvalue weighted by atomic mass is 10.1. The zero-order valence-electron chi connectivity index (χ0n) is 10.5. The first-order valence-corrected chi connectivity index (χ1v) is 6.36. The van der Waals surface area contributed by atoms with Gasteiger partial charge in [-0.1, -0.05) is 29.8 Å². The number of nitrogens with one attached hydrogen (secondary N) is 2. The van der Waals surface area contributed by atoms with Crippen molar-refractivity contribution in [1.29, 1.82) is 0 Å². The number of amides is 4. The van der Waals surface area contributed by atoms with Gasteiger partial charge in [0.05, 0.1) is 5.52 Å². The molecule has 1 fully saturated rings. The van der Waals surface area contributed by atoms with Crippen LogP contribution in [0.25, 0.3) is 17.0 Å². The summed E-state index contributed by atoms with van der Waals surface area (Å²) in [6, 6.07) is 8.19. The van der Waals surface area contributed by atoms with Crippen LogP contribution in [0.5, 0.6) is 0 Å². The smallest absolute Gasteiger partial charge is 0.273 e. The predicted octanol–water partition coefficient (Wildman–Crippen LogP) is 1.64. The summed E-state index contributed by atoms with van der Waals surface area (Å²) in [5.41, 5.74) is 0.927. The molecule has 4 amide bonds. The summed E-state index contributed by atoms with van der Waals surface area (Å²) in [6.07, 6.45) is 1.30. The summed E-state index contributed by atoms with van der Waals surface area (Å²) < 4.78 is 0.